The molecule has 0 amide bonds. The molecule has 3 aliphatic rings. The first kappa shape index (κ1) is 16.0. The van der Waals surface area contributed by atoms with E-state index >= 15 is 0 Å². The highest BCUT2D eigenvalue weighted by Crippen LogP contribution is 2.66. The molecule has 0 heterocycles. The number of aliphatic hydroxyl groups is 1. The normalized spacial score (nSPS) is 35.4. The van der Waals surface area contributed by atoms with Crippen molar-refractivity contribution in [2.24, 2.45) is 11.3 Å². The average Bonchev–Trinajstić information content (AvgIpc) is 2.82. The predicted molar refractivity (Wildman–Crippen MR) is 97.2 cm³/mol. The summed E-state index contributed by atoms with van der Waals surface area (Å²) in [5.41, 5.74) is 5.52. The molecule has 2 nitrogen and oxygen atoms in total. The number of aliphatic hydroxyl groups excluding tert-OH is 1. The van der Waals surface area contributed by atoms with Crippen LogP contribution >= 0.6 is 0 Å². The van der Waals surface area contributed by atoms with Gasteiger partial charge in [-0.2, -0.15) is 0 Å². The van der Waals surface area contributed by atoms with Crippen molar-refractivity contribution in [3.8, 4) is 5.75 Å². The maximum absolute atomic E-state index is 10.5. The monoisotopic (exact) mass is 324 g/mol. The summed E-state index contributed by atoms with van der Waals surface area (Å²) in [7, 11) is 0. The molecule has 0 aromatic heterocycles. The summed E-state index contributed by atoms with van der Waals surface area (Å²) in [6.45, 7) is 11.4. The molecule has 0 saturated carbocycles. The van der Waals surface area contributed by atoms with Crippen LogP contribution in [0.15, 0.2) is 41.5 Å². The number of benzene rings is 1. The molecule has 2 heteroatoms. The van der Waals surface area contributed by atoms with Gasteiger partial charge in [0.2, 0.25) is 0 Å². The summed E-state index contributed by atoms with van der Waals surface area (Å²) in [5, 5.41) is 20.7. The second-order valence-electron chi connectivity index (χ2n) is 9.40. The van der Waals surface area contributed by atoms with E-state index in [0.29, 0.717) is 5.75 Å². The summed E-state index contributed by atoms with van der Waals surface area (Å²) in [6, 6.07) is 5.90. The van der Waals surface area contributed by atoms with Crippen molar-refractivity contribution >= 4 is 0 Å². The largest absolute Gasteiger partial charge is 0.508 e. The van der Waals surface area contributed by atoms with Crippen LogP contribution in [0.1, 0.15) is 58.6 Å². The Bertz CT molecular complexity index is 781. The highest BCUT2D eigenvalue weighted by atomic mass is 16.3. The fourth-order valence-corrected chi connectivity index (χ4v) is 5.96. The molecule has 128 valence electrons. The minimum Gasteiger partial charge on any atom is -0.508 e. The van der Waals surface area contributed by atoms with Crippen LogP contribution in [0.3, 0.4) is 0 Å². The number of hydrogen-bond acceptors (Lipinski definition) is 2. The number of phenolic OH excluding ortho intramolecular Hbond substituents is 1. The summed E-state index contributed by atoms with van der Waals surface area (Å²) in [5.74, 6) is 0.466. The van der Waals surface area contributed by atoms with Gasteiger partial charge in [-0.3, -0.25) is 0 Å². The van der Waals surface area contributed by atoms with Gasteiger partial charge in [0.05, 0.1) is 6.10 Å². The first-order valence-corrected chi connectivity index (χ1v) is 9.04. The Hall–Kier alpha value is -1.54. The van der Waals surface area contributed by atoms with Crippen LogP contribution in [0.2, 0.25) is 0 Å². The maximum atomic E-state index is 10.5. The molecule has 3 unspecified atom stereocenters. The van der Waals surface area contributed by atoms with Crippen molar-refractivity contribution in [1.82, 2.24) is 0 Å². The van der Waals surface area contributed by atoms with Crippen LogP contribution < -0.4 is 0 Å². The summed E-state index contributed by atoms with van der Waals surface area (Å²) >= 11 is 0. The number of aromatic hydroxyl groups is 1. The lowest BCUT2D eigenvalue weighted by molar-refractivity contribution is 0.167. The van der Waals surface area contributed by atoms with Crippen LogP contribution in [0, 0.1) is 11.3 Å². The summed E-state index contributed by atoms with van der Waals surface area (Å²) in [6.07, 6.45) is 5.78. The number of fused-ring (bicyclic) bond motifs is 3. The van der Waals surface area contributed by atoms with Gasteiger partial charge in [-0.1, -0.05) is 58.4 Å². The van der Waals surface area contributed by atoms with E-state index in [1.165, 1.54) is 22.3 Å². The van der Waals surface area contributed by atoms with E-state index in [9.17, 15) is 10.2 Å². The van der Waals surface area contributed by atoms with Crippen LogP contribution in [0.4, 0.5) is 0 Å². The first-order chi connectivity index (χ1) is 11.1. The third-order valence-corrected chi connectivity index (χ3v) is 6.70. The highest BCUT2D eigenvalue weighted by Gasteiger charge is 2.58. The molecule has 24 heavy (non-hydrogen) atoms. The molecule has 1 spiro atoms. The molecule has 0 bridgehead atoms. The smallest absolute Gasteiger partial charge is 0.115 e. The van der Waals surface area contributed by atoms with Crippen molar-refractivity contribution < 1.29 is 10.2 Å². The second-order valence-corrected chi connectivity index (χ2v) is 9.40. The minimum absolute atomic E-state index is 0.0679. The number of phenols is 1. The molecule has 0 fully saturated rings. The van der Waals surface area contributed by atoms with Crippen molar-refractivity contribution in [2.45, 2.75) is 64.4 Å². The Morgan fingerprint density at radius 2 is 1.67 bits per heavy atom. The minimum atomic E-state index is -0.418. The Kier molecular flexibility index (Phi) is 3.02. The Morgan fingerprint density at radius 1 is 1.00 bits per heavy atom. The van der Waals surface area contributed by atoms with E-state index in [2.05, 4.69) is 46.8 Å². The molecule has 0 radical (unpaired) electrons. The van der Waals surface area contributed by atoms with E-state index in [1.54, 1.807) is 0 Å². The third kappa shape index (κ3) is 1.86. The Labute approximate surface area is 144 Å². The van der Waals surface area contributed by atoms with E-state index in [1.807, 2.05) is 18.2 Å². The second kappa shape index (κ2) is 4.54. The molecule has 1 aromatic rings. The van der Waals surface area contributed by atoms with E-state index in [4.69, 9.17) is 0 Å². The van der Waals surface area contributed by atoms with Crippen LogP contribution in [-0.2, 0) is 10.8 Å². The fraction of sp³-hybridized carbons (Fsp3) is 0.545. The van der Waals surface area contributed by atoms with Crippen LogP contribution in [0.25, 0.3) is 0 Å². The molecule has 3 atom stereocenters. The molecule has 4 rings (SSSR count). The zero-order chi connectivity index (χ0) is 17.5. The Morgan fingerprint density at radius 3 is 2.38 bits per heavy atom. The predicted octanol–water partition coefficient (Wildman–Crippen LogP) is 4.60. The molecular formula is C22H28O2. The number of rotatable bonds is 0. The summed E-state index contributed by atoms with van der Waals surface area (Å²) < 4.78 is 0. The Balaban J connectivity index is 2.02. The standard InChI is InChI=1S/C22H28O2/c1-13-18(24)9-8-16-19(13)22(12-21(16,4)5)11-20(2,3)15-7-6-14(23)10-17(15)22/h6-10,13,18,23-24H,11-12H2,1-5H3. The lowest BCUT2D eigenvalue weighted by Crippen LogP contribution is -2.33. The van der Waals surface area contributed by atoms with Crippen molar-refractivity contribution in [1.29, 1.82) is 0 Å². The summed E-state index contributed by atoms with van der Waals surface area (Å²) in [4.78, 5) is 0. The van der Waals surface area contributed by atoms with Crippen molar-refractivity contribution in [2.75, 3.05) is 0 Å². The molecule has 3 aliphatic carbocycles. The SMILES string of the molecule is CC1C2=C(C=CC1O)C(C)(C)CC21CC(C)(C)c2ccc(O)cc21. The lowest BCUT2D eigenvalue weighted by Gasteiger charge is -2.37. The average molecular weight is 324 g/mol. The third-order valence-electron chi connectivity index (χ3n) is 6.70. The zero-order valence-corrected chi connectivity index (χ0v) is 15.4. The van der Waals surface area contributed by atoms with Gasteiger partial charge in [0.25, 0.3) is 0 Å². The molecule has 0 saturated heterocycles. The van der Waals surface area contributed by atoms with E-state index in [0.717, 1.165) is 12.8 Å². The van der Waals surface area contributed by atoms with Gasteiger partial charge in [-0.05, 0) is 52.5 Å². The van der Waals surface area contributed by atoms with Crippen molar-refractivity contribution in [3.05, 3.63) is 52.6 Å². The van der Waals surface area contributed by atoms with Gasteiger partial charge in [-0.25, -0.2) is 0 Å². The van der Waals surface area contributed by atoms with Crippen LogP contribution in [0.5, 0.6) is 5.75 Å². The van der Waals surface area contributed by atoms with Crippen LogP contribution in [-0.4, -0.2) is 16.3 Å². The molecular weight excluding hydrogens is 296 g/mol. The topological polar surface area (TPSA) is 40.5 Å². The molecule has 0 aliphatic heterocycles. The lowest BCUT2D eigenvalue weighted by atomic mass is 9.67. The van der Waals surface area contributed by atoms with E-state index in [-0.39, 0.29) is 22.2 Å². The first-order valence-electron chi connectivity index (χ1n) is 9.04. The van der Waals surface area contributed by atoms with Gasteiger partial charge in [0.15, 0.2) is 0 Å². The van der Waals surface area contributed by atoms with Gasteiger partial charge in [0.1, 0.15) is 5.75 Å². The van der Waals surface area contributed by atoms with Gasteiger partial charge >= 0.3 is 0 Å². The number of hydrogen-bond donors (Lipinski definition) is 2. The fourth-order valence-electron chi connectivity index (χ4n) is 5.96. The maximum Gasteiger partial charge on any atom is 0.115 e. The highest BCUT2D eigenvalue weighted by molar-refractivity contribution is 5.60. The molecule has 2 N–H and O–H groups in total. The van der Waals surface area contributed by atoms with E-state index < -0.39 is 6.10 Å². The van der Waals surface area contributed by atoms with Gasteiger partial charge in [0, 0.05) is 11.3 Å². The van der Waals surface area contributed by atoms with Gasteiger partial charge < -0.3 is 10.2 Å². The molecule has 1 aromatic carbocycles. The van der Waals surface area contributed by atoms with Gasteiger partial charge in [-0.15, -0.1) is 0 Å². The zero-order valence-electron chi connectivity index (χ0n) is 15.4. The van der Waals surface area contributed by atoms with Crippen molar-refractivity contribution in [3.63, 3.8) is 0 Å². The quantitative estimate of drug-likeness (QED) is 0.732. The number of allylic oxidation sites excluding steroid dienone is 2.